The van der Waals surface area contributed by atoms with Crippen molar-refractivity contribution in [2.75, 3.05) is 17.2 Å². The van der Waals surface area contributed by atoms with E-state index >= 15 is 0 Å². The van der Waals surface area contributed by atoms with Crippen LogP contribution in [-0.2, 0) is 11.2 Å². The highest BCUT2D eigenvalue weighted by molar-refractivity contribution is 5.95. The summed E-state index contributed by atoms with van der Waals surface area (Å²) < 4.78 is 10.4. The lowest BCUT2D eigenvalue weighted by atomic mass is 10.1. The van der Waals surface area contributed by atoms with Crippen LogP contribution in [0.25, 0.3) is 0 Å². The Hall–Kier alpha value is -2.50. The summed E-state index contributed by atoms with van der Waals surface area (Å²) in [6.07, 6.45) is 0.906. The van der Waals surface area contributed by atoms with Crippen LogP contribution in [0, 0.1) is 6.92 Å². The maximum absolute atomic E-state index is 12.1. The number of fused-ring (bicyclic) bond motifs is 1. The van der Waals surface area contributed by atoms with Crippen LogP contribution in [0.5, 0.6) is 5.75 Å². The van der Waals surface area contributed by atoms with E-state index in [1.807, 2.05) is 18.2 Å². The molecule has 2 N–H and O–H groups in total. The van der Waals surface area contributed by atoms with E-state index < -0.39 is 0 Å². The topological polar surface area (TPSA) is 76.4 Å². The number of nitrogens with one attached hydrogen (secondary N) is 2. The molecule has 0 radical (unpaired) electrons. The van der Waals surface area contributed by atoms with Gasteiger partial charge in [0, 0.05) is 18.2 Å². The van der Waals surface area contributed by atoms with Crippen molar-refractivity contribution in [3.05, 3.63) is 35.6 Å². The second-order valence-electron chi connectivity index (χ2n) is 5.10. The molecule has 1 aromatic carbocycles. The van der Waals surface area contributed by atoms with Crippen LogP contribution in [0.4, 0.5) is 11.5 Å². The van der Waals surface area contributed by atoms with Crippen molar-refractivity contribution < 1.29 is 14.1 Å². The van der Waals surface area contributed by atoms with Crippen molar-refractivity contribution in [1.82, 2.24) is 5.16 Å². The second-order valence-corrected chi connectivity index (χ2v) is 5.10. The quantitative estimate of drug-likeness (QED) is 0.902. The Kier molecular flexibility index (Phi) is 3.51. The van der Waals surface area contributed by atoms with Crippen molar-refractivity contribution in [1.29, 1.82) is 0 Å². The zero-order valence-corrected chi connectivity index (χ0v) is 12.0. The van der Waals surface area contributed by atoms with E-state index in [1.165, 1.54) is 5.56 Å². The molecule has 1 atom stereocenters. The number of amides is 1. The van der Waals surface area contributed by atoms with Crippen LogP contribution >= 0.6 is 0 Å². The lowest BCUT2D eigenvalue weighted by molar-refractivity contribution is -0.116. The molecule has 0 saturated carbocycles. The predicted molar refractivity (Wildman–Crippen MR) is 78.6 cm³/mol. The number of ether oxygens (including phenoxy) is 1. The molecule has 110 valence electrons. The van der Waals surface area contributed by atoms with E-state index in [2.05, 4.69) is 15.8 Å². The highest BCUT2D eigenvalue weighted by Gasteiger charge is 2.16. The number of aryl methyl sites for hydroxylation is 1. The van der Waals surface area contributed by atoms with Gasteiger partial charge in [0.05, 0.1) is 6.61 Å². The smallest absolute Gasteiger partial charge is 0.247 e. The summed E-state index contributed by atoms with van der Waals surface area (Å²) in [5.41, 5.74) is 2.07. The summed E-state index contributed by atoms with van der Waals surface area (Å²) in [6, 6.07) is 7.15. The number of rotatable bonds is 4. The van der Waals surface area contributed by atoms with Crippen LogP contribution in [0.3, 0.4) is 0 Å². The zero-order valence-electron chi connectivity index (χ0n) is 12.0. The van der Waals surface area contributed by atoms with E-state index in [-0.39, 0.29) is 11.9 Å². The fourth-order valence-corrected chi connectivity index (χ4v) is 2.25. The maximum atomic E-state index is 12.1. The highest BCUT2D eigenvalue weighted by Crippen LogP contribution is 2.28. The Morgan fingerprint density at radius 3 is 3.00 bits per heavy atom. The Labute approximate surface area is 122 Å². The third-order valence-corrected chi connectivity index (χ3v) is 3.35. The molecule has 0 bridgehead atoms. The first kappa shape index (κ1) is 13.5. The van der Waals surface area contributed by atoms with Gasteiger partial charge in [0.1, 0.15) is 17.6 Å². The number of hydrogen-bond acceptors (Lipinski definition) is 5. The van der Waals surface area contributed by atoms with Gasteiger partial charge in [0.25, 0.3) is 0 Å². The van der Waals surface area contributed by atoms with Gasteiger partial charge in [-0.1, -0.05) is 5.16 Å². The molecule has 6 nitrogen and oxygen atoms in total. The largest absolute Gasteiger partial charge is 0.493 e. The van der Waals surface area contributed by atoms with Gasteiger partial charge >= 0.3 is 0 Å². The minimum absolute atomic E-state index is 0.167. The molecule has 0 aliphatic carbocycles. The molecule has 21 heavy (non-hydrogen) atoms. The average molecular weight is 287 g/mol. The zero-order chi connectivity index (χ0) is 14.8. The van der Waals surface area contributed by atoms with Crippen molar-refractivity contribution in [3.63, 3.8) is 0 Å². The minimum atomic E-state index is -0.387. The van der Waals surface area contributed by atoms with Gasteiger partial charge < -0.3 is 19.9 Å². The van der Waals surface area contributed by atoms with Crippen LogP contribution in [0.2, 0.25) is 0 Å². The van der Waals surface area contributed by atoms with E-state index in [9.17, 15) is 4.79 Å². The summed E-state index contributed by atoms with van der Waals surface area (Å²) in [4.78, 5) is 12.1. The number of nitrogens with zero attached hydrogens (tertiary/aromatic N) is 1. The Morgan fingerprint density at radius 2 is 2.24 bits per heavy atom. The monoisotopic (exact) mass is 287 g/mol. The first-order valence-electron chi connectivity index (χ1n) is 6.88. The minimum Gasteiger partial charge on any atom is -0.493 e. The van der Waals surface area contributed by atoms with E-state index in [0.29, 0.717) is 11.6 Å². The van der Waals surface area contributed by atoms with Gasteiger partial charge in [-0.15, -0.1) is 0 Å². The van der Waals surface area contributed by atoms with E-state index in [4.69, 9.17) is 9.26 Å². The molecular weight excluding hydrogens is 270 g/mol. The van der Waals surface area contributed by atoms with Crippen LogP contribution in [-0.4, -0.2) is 23.7 Å². The van der Waals surface area contributed by atoms with Crippen LogP contribution in [0.1, 0.15) is 18.2 Å². The molecule has 3 rings (SSSR count). The standard InChI is InChI=1S/C15H17N3O3/c1-9-7-14(18-21-9)17-15(19)10(2)16-12-3-4-13-11(8-12)5-6-20-13/h3-4,7-8,10,16H,5-6H2,1-2H3,(H,17,18,19). The lowest BCUT2D eigenvalue weighted by Gasteiger charge is -2.14. The SMILES string of the molecule is Cc1cc(NC(=O)C(C)Nc2ccc3c(c2)CCO3)no1. The second kappa shape index (κ2) is 5.47. The maximum Gasteiger partial charge on any atom is 0.247 e. The summed E-state index contributed by atoms with van der Waals surface area (Å²) >= 11 is 0. The first-order chi connectivity index (χ1) is 10.1. The van der Waals surface area contributed by atoms with Gasteiger partial charge in [0.2, 0.25) is 5.91 Å². The number of benzene rings is 1. The number of carbonyl (C=O) groups excluding carboxylic acids is 1. The molecule has 0 saturated heterocycles. The van der Waals surface area contributed by atoms with Crippen LogP contribution in [0.15, 0.2) is 28.8 Å². The van der Waals surface area contributed by atoms with Crippen molar-refractivity contribution in [2.45, 2.75) is 26.3 Å². The van der Waals surface area contributed by atoms with Gasteiger partial charge in [-0.25, -0.2) is 0 Å². The predicted octanol–water partition coefficient (Wildman–Crippen LogP) is 2.36. The lowest BCUT2D eigenvalue weighted by Crippen LogP contribution is -2.31. The molecule has 2 heterocycles. The fraction of sp³-hybridized carbons (Fsp3) is 0.333. The van der Waals surface area contributed by atoms with E-state index in [1.54, 1.807) is 19.9 Å². The molecule has 0 fully saturated rings. The van der Waals surface area contributed by atoms with Crippen molar-refractivity contribution >= 4 is 17.4 Å². The summed E-state index contributed by atoms with van der Waals surface area (Å²) in [5.74, 6) is 1.84. The summed E-state index contributed by atoms with van der Waals surface area (Å²) in [7, 11) is 0. The fourth-order valence-electron chi connectivity index (χ4n) is 2.25. The van der Waals surface area contributed by atoms with Gasteiger partial charge in [-0.05, 0) is 37.6 Å². The molecule has 1 unspecified atom stereocenters. The normalized spacial score (nSPS) is 14.2. The number of hydrogen-bond donors (Lipinski definition) is 2. The third-order valence-electron chi connectivity index (χ3n) is 3.35. The summed E-state index contributed by atoms with van der Waals surface area (Å²) in [6.45, 7) is 4.29. The number of anilines is 2. The van der Waals surface area contributed by atoms with Crippen molar-refractivity contribution in [2.24, 2.45) is 0 Å². The van der Waals surface area contributed by atoms with Gasteiger partial charge in [-0.2, -0.15) is 0 Å². The highest BCUT2D eigenvalue weighted by atomic mass is 16.5. The van der Waals surface area contributed by atoms with Gasteiger partial charge in [-0.3, -0.25) is 4.79 Å². The van der Waals surface area contributed by atoms with Crippen LogP contribution < -0.4 is 15.4 Å². The molecule has 1 aliphatic rings. The molecular formula is C15H17N3O3. The Bertz CT molecular complexity index is 666. The molecule has 0 spiro atoms. The number of aromatic nitrogens is 1. The Morgan fingerprint density at radius 1 is 1.38 bits per heavy atom. The van der Waals surface area contributed by atoms with E-state index in [0.717, 1.165) is 24.5 Å². The molecule has 2 aromatic rings. The molecule has 6 heteroatoms. The third kappa shape index (κ3) is 2.99. The first-order valence-corrected chi connectivity index (χ1v) is 6.88. The summed E-state index contributed by atoms with van der Waals surface area (Å²) in [5, 5.41) is 9.62. The van der Waals surface area contributed by atoms with Gasteiger partial charge in [0.15, 0.2) is 5.82 Å². The molecule has 1 amide bonds. The average Bonchev–Trinajstić information content (AvgIpc) is 3.07. The number of carbonyl (C=O) groups is 1. The Balaban J connectivity index is 1.62. The van der Waals surface area contributed by atoms with Crippen molar-refractivity contribution in [3.8, 4) is 5.75 Å². The molecule has 1 aromatic heterocycles. The molecule has 1 aliphatic heterocycles.